The van der Waals surface area contributed by atoms with Crippen molar-refractivity contribution in [3.8, 4) is 11.5 Å². The largest absolute Gasteiger partial charge is 0.454 e. The normalized spacial score (nSPS) is 18.6. The lowest BCUT2D eigenvalue weighted by molar-refractivity contribution is -0.0212. The number of nitrogens with one attached hydrogen (secondary N) is 2. The first kappa shape index (κ1) is 22.4. The Morgan fingerprint density at radius 1 is 1.06 bits per heavy atom. The van der Waals surface area contributed by atoms with E-state index in [1.54, 1.807) is 0 Å². The molecule has 0 spiro atoms. The van der Waals surface area contributed by atoms with Gasteiger partial charge in [0.1, 0.15) is 0 Å². The van der Waals surface area contributed by atoms with Crippen molar-refractivity contribution in [1.29, 1.82) is 0 Å². The standard InChI is InChI=1S/C25H34N4O3/c1-3-26-25(27-10-9-20-7-8-23-24(14-20)32-18-31-23)28-15-21-5-4-6-22(13-21)17-29-11-12-30-19(2)16-29/h4-8,13-14,19H,3,9-12,15-18H2,1-2H3,(H2,26,27,28). The summed E-state index contributed by atoms with van der Waals surface area (Å²) >= 11 is 0. The fourth-order valence-electron chi connectivity index (χ4n) is 4.05. The molecule has 172 valence electrons. The van der Waals surface area contributed by atoms with Gasteiger partial charge in [-0.2, -0.15) is 0 Å². The Kier molecular flexibility index (Phi) is 7.85. The molecule has 0 bridgehead atoms. The molecule has 1 saturated heterocycles. The molecule has 2 heterocycles. The van der Waals surface area contributed by atoms with E-state index in [0.717, 1.165) is 63.2 Å². The number of morpholine rings is 1. The number of hydrogen-bond acceptors (Lipinski definition) is 5. The van der Waals surface area contributed by atoms with Crippen LogP contribution in [0.2, 0.25) is 0 Å². The van der Waals surface area contributed by atoms with Gasteiger partial charge in [0.05, 0.1) is 19.3 Å². The summed E-state index contributed by atoms with van der Waals surface area (Å²) in [5.74, 6) is 2.48. The Balaban J connectivity index is 1.29. The fourth-order valence-corrected chi connectivity index (χ4v) is 4.05. The van der Waals surface area contributed by atoms with Gasteiger partial charge in [-0.25, -0.2) is 4.99 Å². The molecule has 0 amide bonds. The number of aliphatic imine (C=N–C) groups is 1. The predicted molar refractivity (Wildman–Crippen MR) is 126 cm³/mol. The van der Waals surface area contributed by atoms with E-state index in [0.29, 0.717) is 19.4 Å². The van der Waals surface area contributed by atoms with Gasteiger partial charge in [0.25, 0.3) is 0 Å². The molecule has 0 aromatic heterocycles. The number of benzene rings is 2. The number of hydrogen-bond donors (Lipinski definition) is 2. The Labute approximate surface area is 190 Å². The highest BCUT2D eigenvalue weighted by Gasteiger charge is 2.16. The molecule has 1 atom stereocenters. The molecule has 7 heteroatoms. The van der Waals surface area contributed by atoms with Gasteiger partial charge in [0.15, 0.2) is 17.5 Å². The van der Waals surface area contributed by atoms with Gasteiger partial charge in [-0.15, -0.1) is 0 Å². The maximum Gasteiger partial charge on any atom is 0.231 e. The molecule has 0 saturated carbocycles. The average Bonchev–Trinajstić information content (AvgIpc) is 3.26. The summed E-state index contributed by atoms with van der Waals surface area (Å²) in [6.45, 7) is 10.5. The number of nitrogens with zero attached hydrogens (tertiary/aromatic N) is 2. The van der Waals surface area contributed by atoms with Crippen LogP contribution in [0.5, 0.6) is 11.5 Å². The van der Waals surface area contributed by atoms with Crippen LogP contribution in [0.25, 0.3) is 0 Å². The molecule has 0 aliphatic carbocycles. The number of fused-ring (bicyclic) bond motifs is 1. The van der Waals surface area contributed by atoms with Crippen molar-refractivity contribution in [2.75, 3.05) is 39.6 Å². The second kappa shape index (κ2) is 11.2. The molecular weight excluding hydrogens is 404 g/mol. The van der Waals surface area contributed by atoms with Crippen LogP contribution in [-0.4, -0.2) is 56.5 Å². The molecule has 1 fully saturated rings. The SMILES string of the molecule is CCNC(=NCc1cccc(CN2CCOC(C)C2)c1)NCCc1ccc2c(c1)OCO2. The zero-order chi connectivity index (χ0) is 22.2. The molecule has 32 heavy (non-hydrogen) atoms. The van der Waals surface area contributed by atoms with E-state index in [9.17, 15) is 0 Å². The van der Waals surface area contributed by atoms with Crippen molar-refractivity contribution in [2.45, 2.75) is 39.5 Å². The van der Waals surface area contributed by atoms with E-state index >= 15 is 0 Å². The zero-order valence-electron chi connectivity index (χ0n) is 19.1. The summed E-state index contributed by atoms with van der Waals surface area (Å²) in [6, 6.07) is 14.8. The maximum atomic E-state index is 5.65. The van der Waals surface area contributed by atoms with Gasteiger partial charge in [0, 0.05) is 32.7 Å². The van der Waals surface area contributed by atoms with Gasteiger partial charge in [-0.3, -0.25) is 4.90 Å². The van der Waals surface area contributed by atoms with Crippen LogP contribution in [0, 0.1) is 0 Å². The van der Waals surface area contributed by atoms with E-state index in [1.165, 1.54) is 16.7 Å². The lowest BCUT2D eigenvalue weighted by Gasteiger charge is -2.31. The van der Waals surface area contributed by atoms with E-state index in [1.807, 2.05) is 6.07 Å². The summed E-state index contributed by atoms with van der Waals surface area (Å²) in [7, 11) is 0. The van der Waals surface area contributed by atoms with Crippen molar-refractivity contribution in [3.63, 3.8) is 0 Å². The smallest absolute Gasteiger partial charge is 0.231 e. The Morgan fingerprint density at radius 3 is 2.81 bits per heavy atom. The molecular formula is C25H34N4O3. The average molecular weight is 439 g/mol. The Hall–Kier alpha value is -2.77. The van der Waals surface area contributed by atoms with Crippen molar-refractivity contribution in [3.05, 3.63) is 59.2 Å². The van der Waals surface area contributed by atoms with Gasteiger partial charge >= 0.3 is 0 Å². The van der Waals surface area contributed by atoms with Crippen LogP contribution in [0.1, 0.15) is 30.5 Å². The summed E-state index contributed by atoms with van der Waals surface area (Å²) in [6.07, 6.45) is 1.19. The monoisotopic (exact) mass is 438 g/mol. The Morgan fingerprint density at radius 2 is 1.94 bits per heavy atom. The van der Waals surface area contributed by atoms with Gasteiger partial charge in [-0.05, 0) is 49.1 Å². The number of ether oxygens (including phenoxy) is 3. The van der Waals surface area contributed by atoms with E-state index in [-0.39, 0.29) is 0 Å². The lowest BCUT2D eigenvalue weighted by Crippen LogP contribution is -2.40. The van der Waals surface area contributed by atoms with Crippen LogP contribution < -0.4 is 20.1 Å². The van der Waals surface area contributed by atoms with Gasteiger partial charge in [0.2, 0.25) is 6.79 Å². The van der Waals surface area contributed by atoms with Crippen molar-refractivity contribution < 1.29 is 14.2 Å². The molecule has 2 aliphatic heterocycles. The number of rotatable bonds is 8. The van der Waals surface area contributed by atoms with E-state index in [2.05, 4.69) is 65.8 Å². The minimum Gasteiger partial charge on any atom is -0.454 e. The summed E-state index contributed by atoms with van der Waals surface area (Å²) in [5, 5.41) is 6.78. The highest BCUT2D eigenvalue weighted by molar-refractivity contribution is 5.79. The molecule has 1 unspecified atom stereocenters. The molecule has 2 aliphatic rings. The van der Waals surface area contributed by atoms with Crippen LogP contribution in [0.3, 0.4) is 0 Å². The first-order valence-electron chi connectivity index (χ1n) is 11.5. The first-order chi connectivity index (χ1) is 15.7. The fraction of sp³-hybridized carbons (Fsp3) is 0.480. The second-order valence-corrected chi connectivity index (χ2v) is 8.30. The molecule has 2 N–H and O–H groups in total. The third kappa shape index (κ3) is 6.37. The van der Waals surface area contributed by atoms with Crippen LogP contribution in [0.4, 0.5) is 0 Å². The lowest BCUT2D eigenvalue weighted by atomic mass is 10.1. The van der Waals surface area contributed by atoms with E-state index in [4.69, 9.17) is 19.2 Å². The van der Waals surface area contributed by atoms with Crippen molar-refractivity contribution >= 4 is 5.96 Å². The third-order valence-electron chi connectivity index (χ3n) is 5.63. The zero-order valence-corrected chi connectivity index (χ0v) is 19.1. The quantitative estimate of drug-likeness (QED) is 0.488. The van der Waals surface area contributed by atoms with Crippen LogP contribution >= 0.6 is 0 Å². The molecule has 2 aromatic carbocycles. The van der Waals surface area contributed by atoms with Crippen LogP contribution in [0.15, 0.2) is 47.5 Å². The summed E-state index contributed by atoms with van der Waals surface area (Å²) < 4.78 is 16.5. The predicted octanol–water partition coefficient (Wildman–Crippen LogP) is 2.93. The van der Waals surface area contributed by atoms with E-state index < -0.39 is 0 Å². The topological polar surface area (TPSA) is 67.4 Å². The molecule has 2 aromatic rings. The first-order valence-corrected chi connectivity index (χ1v) is 11.5. The van der Waals surface area contributed by atoms with Crippen molar-refractivity contribution in [1.82, 2.24) is 15.5 Å². The highest BCUT2D eigenvalue weighted by Crippen LogP contribution is 2.32. The summed E-state index contributed by atoms with van der Waals surface area (Å²) in [5.41, 5.74) is 3.76. The highest BCUT2D eigenvalue weighted by atomic mass is 16.7. The molecule has 7 nitrogen and oxygen atoms in total. The maximum absolute atomic E-state index is 5.65. The minimum atomic E-state index is 0.307. The second-order valence-electron chi connectivity index (χ2n) is 8.30. The van der Waals surface area contributed by atoms with Crippen LogP contribution in [-0.2, 0) is 24.2 Å². The molecule has 4 rings (SSSR count). The Bertz CT molecular complexity index is 918. The van der Waals surface area contributed by atoms with Gasteiger partial charge < -0.3 is 24.8 Å². The minimum absolute atomic E-state index is 0.307. The van der Waals surface area contributed by atoms with Gasteiger partial charge in [-0.1, -0.05) is 30.3 Å². The third-order valence-corrected chi connectivity index (χ3v) is 5.63. The number of guanidine groups is 1. The van der Waals surface area contributed by atoms with Crippen molar-refractivity contribution in [2.24, 2.45) is 4.99 Å². The molecule has 0 radical (unpaired) electrons. The summed E-state index contributed by atoms with van der Waals surface area (Å²) in [4.78, 5) is 7.25.